The molecule has 1 amide bonds. The summed E-state index contributed by atoms with van der Waals surface area (Å²) in [7, 11) is -4.72. The number of aromatic amines is 1. The highest BCUT2D eigenvalue weighted by atomic mass is 32.2. The molecule has 8 aliphatic rings. The number of para-hydroxylation sites is 1. The average Bonchev–Trinajstić information content (AvgIpc) is 4.15. The van der Waals surface area contributed by atoms with E-state index < -0.39 is 37.5 Å². The van der Waals surface area contributed by atoms with Gasteiger partial charge < -0.3 is 48.5 Å². The SMILES string of the molecule is CC(C)Oc1ccccc1[C@@H]1CN([C@@H]2CCOc3cncnc32)CCN1C1CC2(CCN(c3ccc(C(=O)NS(=O)(=O)c4cc5c(c([N+](=O)[O-])c4)N[C@H](C4CCOCC4)CO5)c(N4c5cc6cc[nH]c6nc5O[C@H]5COCC[C@@H]54)c3)CC2)C1. The highest BCUT2D eigenvalue weighted by molar-refractivity contribution is 7.90. The summed E-state index contributed by atoms with van der Waals surface area (Å²) in [6.07, 6.45) is 11.9. The molecule has 5 fully saturated rings. The number of aromatic nitrogens is 4. The molecule has 3 aromatic carbocycles. The van der Waals surface area contributed by atoms with Crippen molar-refractivity contribution in [1.82, 2.24) is 34.5 Å². The highest BCUT2D eigenvalue weighted by Gasteiger charge is 2.51. The molecular weight excluding hydrogens is 1080 g/mol. The van der Waals surface area contributed by atoms with Crippen molar-refractivity contribution in [3.8, 4) is 23.1 Å². The van der Waals surface area contributed by atoms with Crippen LogP contribution in [0.2, 0.25) is 0 Å². The average molecular weight is 1150 g/mol. The molecule has 3 aromatic heterocycles. The van der Waals surface area contributed by atoms with Gasteiger partial charge in [-0.15, -0.1) is 0 Å². The number of hydrogen-bond acceptors (Lipinski definition) is 19. The van der Waals surface area contributed by atoms with Gasteiger partial charge in [-0.1, -0.05) is 18.2 Å². The topological polar surface area (TPSA) is 241 Å². The molecule has 23 heteroatoms. The van der Waals surface area contributed by atoms with Crippen LogP contribution in [0.25, 0.3) is 11.0 Å². The van der Waals surface area contributed by atoms with Crippen LogP contribution in [0.1, 0.15) is 98.9 Å². The Hall–Kier alpha value is -7.31. The van der Waals surface area contributed by atoms with Crippen LogP contribution in [-0.2, 0) is 19.5 Å². The Morgan fingerprint density at radius 1 is 0.892 bits per heavy atom. The van der Waals surface area contributed by atoms with Crippen molar-refractivity contribution in [1.29, 1.82) is 0 Å². The Bertz CT molecular complexity index is 3560. The largest absolute Gasteiger partial charge is 0.491 e. The van der Waals surface area contributed by atoms with Crippen molar-refractivity contribution in [2.24, 2.45) is 11.3 Å². The van der Waals surface area contributed by atoms with E-state index in [9.17, 15) is 23.3 Å². The second-order valence-electron chi connectivity index (χ2n) is 23.8. The van der Waals surface area contributed by atoms with E-state index in [0.29, 0.717) is 61.8 Å². The van der Waals surface area contributed by atoms with Gasteiger partial charge >= 0.3 is 0 Å². The first kappa shape index (κ1) is 53.7. The Labute approximate surface area is 481 Å². The van der Waals surface area contributed by atoms with Gasteiger partial charge in [0.05, 0.1) is 70.8 Å². The van der Waals surface area contributed by atoms with Crippen molar-refractivity contribution in [2.45, 2.75) is 113 Å². The van der Waals surface area contributed by atoms with E-state index >= 15 is 0 Å². The number of carbonyl (C=O) groups excluding carboxylic acids is 1. The molecule has 0 bridgehead atoms. The second-order valence-corrected chi connectivity index (χ2v) is 25.5. The predicted molar refractivity (Wildman–Crippen MR) is 308 cm³/mol. The van der Waals surface area contributed by atoms with Crippen molar-refractivity contribution in [2.75, 3.05) is 87.5 Å². The van der Waals surface area contributed by atoms with Crippen LogP contribution in [-0.4, -0.2) is 152 Å². The molecule has 1 spiro atoms. The lowest BCUT2D eigenvalue weighted by Crippen LogP contribution is -2.60. The fourth-order valence-electron chi connectivity index (χ4n) is 14.4. The highest BCUT2D eigenvalue weighted by Crippen LogP contribution is 2.55. The molecule has 7 aliphatic heterocycles. The van der Waals surface area contributed by atoms with Gasteiger partial charge in [0, 0.05) is 100.0 Å². The Morgan fingerprint density at radius 3 is 2.55 bits per heavy atom. The number of sulfonamides is 1. The molecule has 4 saturated heterocycles. The number of hydrogen-bond donors (Lipinski definition) is 3. The minimum atomic E-state index is -4.72. The van der Waals surface area contributed by atoms with E-state index in [0.717, 1.165) is 112 Å². The van der Waals surface area contributed by atoms with Crippen LogP contribution >= 0.6 is 0 Å². The number of fused-ring (bicyclic) bond motifs is 5. The molecule has 14 rings (SSSR count). The van der Waals surface area contributed by atoms with E-state index in [2.05, 4.69) is 77.7 Å². The van der Waals surface area contributed by atoms with Crippen molar-refractivity contribution in [3.63, 3.8) is 0 Å². The third kappa shape index (κ3) is 10.1. The lowest BCUT2D eigenvalue weighted by molar-refractivity contribution is -0.384. The molecule has 0 unspecified atom stereocenters. The molecule has 5 atom stereocenters. The van der Waals surface area contributed by atoms with Gasteiger partial charge in [-0.2, -0.15) is 4.98 Å². The number of nitrogens with zero attached hydrogens (tertiary/aromatic N) is 8. The minimum absolute atomic E-state index is 0.0225. The third-order valence-electron chi connectivity index (χ3n) is 18.7. The number of anilines is 4. The van der Waals surface area contributed by atoms with Gasteiger partial charge in [-0.05, 0) is 107 Å². The quantitative estimate of drug-likeness (QED) is 0.0774. The first-order valence-electron chi connectivity index (χ1n) is 29.3. The summed E-state index contributed by atoms with van der Waals surface area (Å²) in [6.45, 7) is 11.1. The normalized spacial score (nSPS) is 24.7. The number of ether oxygens (including phenoxy) is 6. The molecule has 3 N–H and O–H groups in total. The van der Waals surface area contributed by atoms with E-state index in [-0.39, 0.29) is 71.8 Å². The Kier molecular flexibility index (Phi) is 14.0. The number of piperazine rings is 1. The smallest absolute Gasteiger partial charge is 0.297 e. The summed E-state index contributed by atoms with van der Waals surface area (Å²) >= 11 is 0. The zero-order chi connectivity index (χ0) is 56.6. The molecular formula is C60H69N11O11S. The minimum Gasteiger partial charge on any atom is -0.491 e. The van der Waals surface area contributed by atoms with E-state index in [1.165, 1.54) is 11.6 Å². The number of benzene rings is 3. The predicted octanol–water partition coefficient (Wildman–Crippen LogP) is 8.09. The fourth-order valence-corrected chi connectivity index (χ4v) is 15.4. The van der Waals surface area contributed by atoms with Crippen LogP contribution in [0, 0.1) is 21.4 Å². The third-order valence-corrected chi connectivity index (χ3v) is 20.0. The van der Waals surface area contributed by atoms with Gasteiger partial charge in [0.15, 0.2) is 17.2 Å². The second kappa shape index (κ2) is 21.7. The number of rotatable bonds is 12. The molecule has 436 valence electrons. The maximum absolute atomic E-state index is 15.0. The van der Waals surface area contributed by atoms with Crippen molar-refractivity contribution < 1.29 is 46.6 Å². The van der Waals surface area contributed by atoms with Gasteiger partial charge in [0.25, 0.3) is 21.6 Å². The maximum atomic E-state index is 15.0. The number of carbonyl (C=O) groups is 1. The van der Waals surface area contributed by atoms with Crippen LogP contribution in [0.15, 0.2) is 90.3 Å². The summed E-state index contributed by atoms with van der Waals surface area (Å²) < 4.78 is 67.9. The standard InChI is InChI=1S/C60H69N11O11S/c1-36(2)81-51-6-4-3-5-42(51)50-32-68(46-13-24-79-53-31-61-35-63-55(46)53)19-20-69(50)40-29-60(30-40)14-17-67(18-15-60)39-7-8-43(47(26-39)70-45-12-23-78-34-54(45)82-59-49(70)25-38-9-16-62-57(38)65-59)58(72)66-83(75,76)41-27-48(71(73)74)56-52(28-41)80-33-44(64-56)37-10-21-77-22-11-37/h3-9,16,25-28,31,35-37,40,44-46,50,54,64H,10-15,17-24,29-30,32-34H2,1-2H3,(H,62,65)(H,66,72)/t44-,45-,46+,50-,54-/m0/s1. The van der Waals surface area contributed by atoms with Gasteiger partial charge in [-0.25, -0.2) is 23.1 Å². The first-order valence-corrected chi connectivity index (χ1v) is 30.8. The van der Waals surface area contributed by atoms with Crippen LogP contribution in [0.3, 0.4) is 0 Å². The summed E-state index contributed by atoms with van der Waals surface area (Å²) in [5.41, 5.74) is 4.69. The number of amides is 1. The van der Waals surface area contributed by atoms with Gasteiger partial charge in [0.1, 0.15) is 41.8 Å². The van der Waals surface area contributed by atoms with Crippen LogP contribution < -0.4 is 38.8 Å². The molecule has 1 saturated carbocycles. The summed E-state index contributed by atoms with van der Waals surface area (Å²) in [4.78, 5) is 53.3. The molecule has 0 radical (unpaired) electrons. The molecule has 6 aromatic rings. The van der Waals surface area contributed by atoms with Crippen molar-refractivity contribution >= 4 is 55.4 Å². The molecule has 10 heterocycles. The van der Waals surface area contributed by atoms with Crippen LogP contribution in [0.5, 0.6) is 23.1 Å². The number of nitrogens with one attached hydrogen (secondary N) is 3. The number of piperidine rings is 1. The summed E-state index contributed by atoms with van der Waals surface area (Å²) in [5, 5.41) is 16.7. The first-order chi connectivity index (χ1) is 40.3. The maximum Gasteiger partial charge on any atom is 0.297 e. The molecule has 22 nitrogen and oxygen atoms in total. The Morgan fingerprint density at radius 2 is 1.72 bits per heavy atom. The van der Waals surface area contributed by atoms with Crippen molar-refractivity contribution in [3.05, 3.63) is 112 Å². The summed E-state index contributed by atoms with van der Waals surface area (Å²) in [6, 6.07) is 20.3. The van der Waals surface area contributed by atoms with E-state index in [1.807, 2.05) is 30.5 Å². The number of H-pyrrole nitrogens is 1. The molecule has 1 aliphatic carbocycles. The number of nitro benzene ring substituents is 1. The monoisotopic (exact) mass is 1150 g/mol. The number of pyridine rings is 1. The fraction of sp³-hybridized carbons (Fsp3) is 0.500. The van der Waals surface area contributed by atoms with Gasteiger partial charge in [-0.3, -0.25) is 24.7 Å². The van der Waals surface area contributed by atoms with E-state index in [4.69, 9.17) is 38.4 Å². The van der Waals surface area contributed by atoms with E-state index in [1.54, 1.807) is 18.6 Å². The number of nitro groups is 1. The lowest BCUT2D eigenvalue weighted by Gasteiger charge is -2.58. The zero-order valence-electron chi connectivity index (χ0n) is 46.6. The Balaban J connectivity index is 0.740. The zero-order valence-corrected chi connectivity index (χ0v) is 47.4. The summed E-state index contributed by atoms with van der Waals surface area (Å²) in [5.74, 6) is 1.33. The molecule has 83 heavy (non-hydrogen) atoms. The van der Waals surface area contributed by atoms with Crippen LogP contribution in [0.4, 0.5) is 28.4 Å². The lowest BCUT2D eigenvalue weighted by atomic mass is 9.59. The van der Waals surface area contributed by atoms with Gasteiger partial charge in [0.2, 0.25) is 5.88 Å².